The van der Waals surface area contributed by atoms with Crippen molar-refractivity contribution in [3.05, 3.63) is 0 Å². The Morgan fingerprint density at radius 1 is 1.38 bits per heavy atom. The molecular weight excluding hydrogens is 276 g/mol. The molecular formula is C6H15NO6P2S. The molecule has 96 valence electrons. The van der Waals surface area contributed by atoms with Gasteiger partial charge in [0, 0.05) is 6.54 Å². The molecule has 2 unspecified atom stereocenters. The maximum absolute atomic E-state index is 10.4. The summed E-state index contributed by atoms with van der Waals surface area (Å²) in [6.45, 7) is 2.52. The lowest BCUT2D eigenvalue weighted by Crippen LogP contribution is -2.35. The Labute approximate surface area is 100 Å². The second-order valence-corrected chi connectivity index (χ2v) is 4.72. The Balaban J connectivity index is 4.20. The van der Waals surface area contributed by atoms with Crippen LogP contribution in [0.5, 0.6) is 0 Å². The van der Waals surface area contributed by atoms with Gasteiger partial charge in [-0.25, -0.2) is 0 Å². The second kappa shape index (κ2) is 9.24. The molecule has 0 aliphatic carbocycles. The van der Waals surface area contributed by atoms with E-state index < -0.39 is 22.8 Å². The van der Waals surface area contributed by atoms with E-state index in [-0.39, 0.29) is 4.99 Å². The number of hydrogen-bond acceptors (Lipinski definition) is 5. The molecule has 7 nitrogen and oxygen atoms in total. The Bertz CT molecular complexity index is 260. The number of thiocarbonyl (C=S) groups is 1. The van der Waals surface area contributed by atoms with Crippen LogP contribution in [0.15, 0.2) is 0 Å². The minimum Gasteiger partial charge on any atom is -0.375 e. The van der Waals surface area contributed by atoms with Crippen LogP contribution in [0.4, 0.5) is 0 Å². The van der Waals surface area contributed by atoms with Gasteiger partial charge in [0.05, 0.1) is 0 Å². The summed E-state index contributed by atoms with van der Waals surface area (Å²) in [4.78, 5) is 17.1. The summed E-state index contributed by atoms with van der Waals surface area (Å²) in [6, 6.07) is 0. The van der Waals surface area contributed by atoms with Gasteiger partial charge < -0.3 is 15.1 Å². The molecule has 0 aromatic carbocycles. The first-order chi connectivity index (χ1) is 7.47. The first kappa shape index (κ1) is 16.2. The molecule has 16 heavy (non-hydrogen) atoms. The number of rotatable bonds is 8. The highest BCUT2D eigenvalue weighted by Gasteiger charge is 2.19. The van der Waals surface area contributed by atoms with E-state index in [2.05, 4.69) is 14.4 Å². The minimum absolute atomic E-state index is 0.0201. The zero-order valence-electron chi connectivity index (χ0n) is 8.63. The van der Waals surface area contributed by atoms with Gasteiger partial charge in [-0.1, -0.05) is 25.6 Å². The van der Waals surface area contributed by atoms with Crippen LogP contribution in [0.1, 0.15) is 19.8 Å². The predicted molar refractivity (Wildman–Crippen MR) is 63.9 cm³/mol. The van der Waals surface area contributed by atoms with Gasteiger partial charge in [0.1, 0.15) is 4.99 Å². The molecule has 3 N–H and O–H groups in total. The molecule has 0 heterocycles. The second-order valence-electron chi connectivity index (χ2n) is 2.74. The van der Waals surface area contributed by atoms with Crippen LogP contribution in [0, 0.1) is 0 Å². The van der Waals surface area contributed by atoms with Crippen LogP contribution in [0.2, 0.25) is 0 Å². The lowest BCUT2D eigenvalue weighted by atomic mass is 10.3. The van der Waals surface area contributed by atoms with Crippen molar-refractivity contribution in [2.45, 2.75) is 26.1 Å². The summed E-state index contributed by atoms with van der Waals surface area (Å²) in [5, 5.41) is 2.71. The first-order valence-electron chi connectivity index (χ1n) is 4.54. The van der Waals surface area contributed by atoms with E-state index in [1.54, 1.807) is 0 Å². The smallest absolute Gasteiger partial charge is 0.319 e. The third-order valence-corrected chi connectivity index (χ3v) is 2.63. The summed E-state index contributed by atoms with van der Waals surface area (Å²) in [5.41, 5.74) is 0. The van der Waals surface area contributed by atoms with Gasteiger partial charge in [0.2, 0.25) is 6.29 Å². The lowest BCUT2D eigenvalue weighted by Gasteiger charge is -2.16. The molecule has 0 rings (SSSR count). The highest BCUT2D eigenvalue weighted by atomic mass is 32.1. The normalized spacial score (nSPS) is 16.4. The Morgan fingerprint density at radius 2 is 1.88 bits per heavy atom. The van der Waals surface area contributed by atoms with Gasteiger partial charge in [0.25, 0.3) is 0 Å². The maximum Gasteiger partial charge on any atom is 0.319 e. The summed E-state index contributed by atoms with van der Waals surface area (Å²) < 4.78 is 29.7. The van der Waals surface area contributed by atoms with Crippen LogP contribution in [-0.4, -0.2) is 27.6 Å². The zero-order chi connectivity index (χ0) is 12.6. The van der Waals surface area contributed by atoms with E-state index in [1.807, 2.05) is 6.92 Å². The average molecular weight is 291 g/mol. The molecule has 0 saturated carbocycles. The van der Waals surface area contributed by atoms with Gasteiger partial charge in [-0.15, -0.1) is 0 Å². The molecule has 0 aliphatic heterocycles. The molecule has 2 atom stereocenters. The van der Waals surface area contributed by atoms with Crippen LogP contribution < -0.4 is 5.32 Å². The summed E-state index contributed by atoms with van der Waals surface area (Å²) >= 11 is 4.80. The van der Waals surface area contributed by atoms with E-state index in [0.29, 0.717) is 6.54 Å². The molecule has 0 saturated heterocycles. The van der Waals surface area contributed by atoms with E-state index in [9.17, 15) is 9.13 Å². The van der Waals surface area contributed by atoms with Gasteiger partial charge in [-0.05, 0) is 6.42 Å². The van der Waals surface area contributed by atoms with Crippen molar-refractivity contribution in [3.63, 3.8) is 0 Å². The molecule has 0 spiro atoms. The monoisotopic (exact) mass is 291 g/mol. The molecule has 0 aromatic heterocycles. The largest absolute Gasteiger partial charge is 0.375 e. The minimum atomic E-state index is -3.29. The highest BCUT2D eigenvalue weighted by molar-refractivity contribution is 7.80. The molecule has 0 amide bonds. The molecule has 0 aromatic rings. The Morgan fingerprint density at radius 3 is 2.25 bits per heavy atom. The SMILES string of the molecule is CCCCNC(=S)C(O[PH](=O)O)O[PH](=O)O. The molecule has 0 radical (unpaired) electrons. The highest BCUT2D eigenvalue weighted by Crippen LogP contribution is 2.26. The van der Waals surface area contributed by atoms with Gasteiger partial charge >= 0.3 is 16.5 Å². The molecule has 0 fully saturated rings. The molecule has 10 heteroatoms. The van der Waals surface area contributed by atoms with Crippen molar-refractivity contribution in [2.24, 2.45) is 0 Å². The van der Waals surface area contributed by atoms with Crippen LogP contribution in [-0.2, 0) is 18.2 Å². The molecule has 0 bridgehead atoms. The fourth-order valence-corrected chi connectivity index (χ4v) is 1.95. The summed E-state index contributed by atoms with van der Waals surface area (Å²) in [5.74, 6) is 0. The Hall–Kier alpha value is 0.190. The van der Waals surface area contributed by atoms with E-state index in [0.717, 1.165) is 12.8 Å². The van der Waals surface area contributed by atoms with E-state index in [4.69, 9.17) is 22.0 Å². The maximum atomic E-state index is 10.4. The van der Waals surface area contributed by atoms with Crippen LogP contribution in [0.25, 0.3) is 0 Å². The quantitative estimate of drug-likeness (QED) is 0.261. The average Bonchev–Trinajstić information content (AvgIpc) is 2.15. The van der Waals surface area contributed by atoms with Crippen molar-refractivity contribution in [1.29, 1.82) is 0 Å². The fraction of sp³-hybridized carbons (Fsp3) is 0.833. The third kappa shape index (κ3) is 8.35. The summed E-state index contributed by atoms with van der Waals surface area (Å²) in [7, 11) is -6.58. The fourth-order valence-electron chi connectivity index (χ4n) is 0.786. The van der Waals surface area contributed by atoms with Gasteiger partial charge in [-0.2, -0.15) is 0 Å². The predicted octanol–water partition coefficient (Wildman–Crippen LogP) is 0.827. The van der Waals surface area contributed by atoms with Crippen molar-refractivity contribution in [2.75, 3.05) is 6.54 Å². The summed E-state index contributed by atoms with van der Waals surface area (Å²) in [6.07, 6.45) is 0.324. The van der Waals surface area contributed by atoms with Crippen LogP contribution >= 0.6 is 28.7 Å². The number of hydrogen-bond donors (Lipinski definition) is 3. The van der Waals surface area contributed by atoms with Crippen molar-refractivity contribution < 1.29 is 28.0 Å². The first-order valence-corrected chi connectivity index (χ1v) is 7.47. The van der Waals surface area contributed by atoms with E-state index >= 15 is 0 Å². The zero-order valence-corrected chi connectivity index (χ0v) is 11.5. The van der Waals surface area contributed by atoms with Gasteiger partial charge in [0.15, 0.2) is 0 Å². The van der Waals surface area contributed by atoms with Crippen LogP contribution in [0.3, 0.4) is 0 Å². The topological polar surface area (TPSA) is 105 Å². The van der Waals surface area contributed by atoms with E-state index in [1.165, 1.54) is 0 Å². The van der Waals surface area contributed by atoms with Crippen molar-refractivity contribution in [3.8, 4) is 0 Å². The standard InChI is InChI=1S/C6H15NO6P2S/c1-2-3-4-7-5(16)6(12-14(8)9)13-15(10)11/h6,14-15H,2-4H2,1H3,(H,7,16)(H,8,9)(H,10,11). The number of unbranched alkanes of at least 4 members (excludes halogenated alkanes) is 1. The third-order valence-electron chi connectivity index (χ3n) is 1.46. The molecule has 0 aliphatic rings. The van der Waals surface area contributed by atoms with Crippen molar-refractivity contribution >= 4 is 33.7 Å². The Kier molecular flexibility index (Phi) is 9.35. The van der Waals surface area contributed by atoms with Gasteiger partial charge in [-0.3, -0.25) is 18.2 Å². The van der Waals surface area contributed by atoms with Crippen molar-refractivity contribution in [1.82, 2.24) is 5.32 Å². The number of nitrogens with one attached hydrogen (secondary N) is 1. The lowest BCUT2D eigenvalue weighted by molar-refractivity contribution is 0.0578.